The van der Waals surface area contributed by atoms with Gasteiger partial charge in [0.25, 0.3) is 0 Å². The third-order valence-electron chi connectivity index (χ3n) is 11.8. The first-order valence-corrected chi connectivity index (χ1v) is 26.4. The number of carbonyl (C=O) groups excluding carboxylic acids is 2. The van der Waals surface area contributed by atoms with Crippen molar-refractivity contribution in [3.05, 3.63) is 85.1 Å². The summed E-state index contributed by atoms with van der Waals surface area (Å²) in [5, 5.41) is 56.5. The SMILES string of the molecule is CC/C=C\C/C=C\C/C=C\C/C=C\C/C=C\CCC(O)C(=O)NC(COC1OC(CO)C(O)C(O)C1OC(=O)CCCCCCC/C=C\CCCC)C(O)/C=C/CCCCCCCCCCC. The Hall–Kier alpha value is -3.16. The summed E-state index contributed by atoms with van der Waals surface area (Å²) in [6.45, 7) is 5.54. The smallest absolute Gasteiger partial charge is 0.306 e. The molecule has 0 bridgehead atoms. The summed E-state index contributed by atoms with van der Waals surface area (Å²) < 4.78 is 17.4. The number of aliphatic hydroxyl groups is 5. The molecule has 8 atom stereocenters. The van der Waals surface area contributed by atoms with Gasteiger partial charge in [0.15, 0.2) is 12.4 Å². The van der Waals surface area contributed by atoms with E-state index in [1.165, 1.54) is 51.4 Å². The van der Waals surface area contributed by atoms with E-state index in [-0.39, 0.29) is 19.4 Å². The summed E-state index contributed by atoms with van der Waals surface area (Å²) in [4.78, 5) is 26.3. The molecule has 1 heterocycles. The standard InChI is InChI=1S/C56H95NO10/c1-4-7-10-13-16-19-22-23-24-25-26-29-31-34-37-40-43-49(60)55(64)57-47(48(59)42-39-36-33-30-27-20-17-14-11-8-5-2)46-65-56-54(53(63)52(62)50(45-58)66-56)67-51(61)44-41-38-35-32-28-21-18-15-12-9-6-3/h7,10,15-16,18-19,23-24,26,29,34,37,39,42,47-50,52-54,56,58-60,62-63H,4-6,8-9,11-14,17,20-22,25,27-28,30-33,35-36,38,40-41,43-46H2,1-3H3,(H,57,64)/b10-7-,18-15-,19-16-,24-23-,29-26-,37-34-,42-39+. The Kier molecular flexibility index (Phi) is 40.7. The van der Waals surface area contributed by atoms with Crippen LogP contribution in [0.15, 0.2) is 85.1 Å². The monoisotopic (exact) mass is 942 g/mol. The molecule has 1 fully saturated rings. The lowest BCUT2D eigenvalue weighted by molar-refractivity contribution is -0.305. The third-order valence-corrected chi connectivity index (χ3v) is 11.8. The van der Waals surface area contributed by atoms with Crippen LogP contribution in [-0.4, -0.2) is 99.6 Å². The first-order chi connectivity index (χ1) is 32.7. The van der Waals surface area contributed by atoms with Gasteiger partial charge in [0, 0.05) is 6.42 Å². The summed E-state index contributed by atoms with van der Waals surface area (Å²) in [5.74, 6) is -1.28. The van der Waals surface area contributed by atoms with E-state index in [9.17, 15) is 35.1 Å². The molecule has 1 amide bonds. The highest BCUT2D eigenvalue weighted by molar-refractivity contribution is 5.80. The van der Waals surface area contributed by atoms with E-state index in [0.29, 0.717) is 12.8 Å². The highest BCUT2D eigenvalue weighted by atomic mass is 16.7. The van der Waals surface area contributed by atoms with Crippen LogP contribution in [0.25, 0.3) is 0 Å². The molecule has 0 saturated carbocycles. The van der Waals surface area contributed by atoms with E-state index in [1.807, 2.05) is 18.2 Å². The van der Waals surface area contributed by atoms with Gasteiger partial charge < -0.3 is 45.1 Å². The van der Waals surface area contributed by atoms with Gasteiger partial charge in [0.1, 0.15) is 24.4 Å². The zero-order valence-electron chi connectivity index (χ0n) is 42.0. The van der Waals surface area contributed by atoms with E-state index in [0.717, 1.165) is 96.3 Å². The van der Waals surface area contributed by atoms with Crippen molar-refractivity contribution in [1.29, 1.82) is 0 Å². The summed E-state index contributed by atoms with van der Waals surface area (Å²) in [6, 6.07) is -1.06. The summed E-state index contributed by atoms with van der Waals surface area (Å²) in [6.07, 6.45) is 45.1. The van der Waals surface area contributed by atoms with Crippen LogP contribution >= 0.6 is 0 Å². The predicted octanol–water partition coefficient (Wildman–Crippen LogP) is 11.0. The van der Waals surface area contributed by atoms with Crippen molar-refractivity contribution >= 4 is 11.9 Å². The Morgan fingerprint density at radius 2 is 1.09 bits per heavy atom. The van der Waals surface area contributed by atoms with Gasteiger partial charge >= 0.3 is 5.97 Å². The topological polar surface area (TPSA) is 175 Å². The van der Waals surface area contributed by atoms with Crippen molar-refractivity contribution in [2.75, 3.05) is 13.2 Å². The van der Waals surface area contributed by atoms with Gasteiger partial charge in [-0.15, -0.1) is 0 Å². The van der Waals surface area contributed by atoms with Crippen LogP contribution in [0.1, 0.15) is 194 Å². The third kappa shape index (κ3) is 33.1. The van der Waals surface area contributed by atoms with Gasteiger partial charge in [-0.05, 0) is 83.5 Å². The summed E-state index contributed by atoms with van der Waals surface area (Å²) in [5.41, 5.74) is 0. The van der Waals surface area contributed by atoms with Crippen LogP contribution in [0.2, 0.25) is 0 Å². The van der Waals surface area contributed by atoms with E-state index in [1.54, 1.807) is 6.08 Å². The number of allylic oxidation sites excluding steroid dienone is 13. The van der Waals surface area contributed by atoms with Crippen LogP contribution in [-0.2, 0) is 23.8 Å². The normalized spacial score (nSPS) is 20.7. The van der Waals surface area contributed by atoms with Crippen molar-refractivity contribution in [2.45, 2.75) is 243 Å². The average molecular weight is 942 g/mol. The second-order valence-electron chi connectivity index (χ2n) is 17.9. The minimum absolute atomic E-state index is 0.102. The molecule has 0 spiro atoms. The van der Waals surface area contributed by atoms with Crippen molar-refractivity contribution in [3.63, 3.8) is 0 Å². The molecule has 1 rings (SSSR count). The molecule has 0 radical (unpaired) electrons. The molecule has 1 saturated heterocycles. The predicted molar refractivity (Wildman–Crippen MR) is 273 cm³/mol. The van der Waals surface area contributed by atoms with Crippen molar-refractivity contribution in [2.24, 2.45) is 0 Å². The van der Waals surface area contributed by atoms with Gasteiger partial charge in [-0.1, -0.05) is 189 Å². The molecule has 11 nitrogen and oxygen atoms in total. The zero-order chi connectivity index (χ0) is 49.0. The van der Waals surface area contributed by atoms with E-state index in [4.69, 9.17) is 14.2 Å². The maximum Gasteiger partial charge on any atom is 0.306 e. The molecule has 0 aromatic rings. The van der Waals surface area contributed by atoms with Gasteiger partial charge in [0.05, 0.1) is 25.4 Å². The number of unbranched alkanes of at least 4 members (excludes halogenated alkanes) is 16. The second-order valence-corrected chi connectivity index (χ2v) is 17.9. The fraction of sp³-hybridized carbons (Fsp3) is 0.714. The molecule has 8 unspecified atom stereocenters. The van der Waals surface area contributed by atoms with Crippen molar-refractivity contribution in [3.8, 4) is 0 Å². The Labute approximate surface area is 406 Å². The minimum Gasteiger partial charge on any atom is -0.454 e. The zero-order valence-corrected chi connectivity index (χ0v) is 42.0. The van der Waals surface area contributed by atoms with Crippen LogP contribution in [0, 0.1) is 0 Å². The molecule has 0 aliphatic carbocycles. The van der Waals surface area contributed by atoms with Gasteiger partial charge in [0.2, 0.25) is 5.91 Å². The van der Waals surface area contributed by atoms with Gasteiger partial charge in [-0.3, -0.25) is 9.59 Å². The lowest BCUT2D eigenvalue weighted by atomic mass is 9.99. The number of rotatable bonds is 42. The molecule has 6 N–H and O–H groups in total. The molecular weight excluding hydrogens is 847 g/mol. The first kappa shape index (κ1) is 61.9. The molecule has 11 heteroatoms. The van der Waals surface area contributed by atoms with Crippen LogP contribution in [0.3, 0.4) is 0 Å². The lowest BCUT2D eigenvalue weighted by Crippen LogP contribution is -2.61. The Morgan fingerprint density at radius 1 is 0.597 bits per heavy atom. The molecule has 1 aliphatic heterocycles. The largest absolute Gasteiger partial charge is 0.454 e. The number of carbonyl (C=O) groups is 2. The first-order valence-electron chi connectivity index (χ1n) is 26.4. The van der Waals surface area contributed by atoms with Crippen molar-refractivity contribution in [1.82, 2.24) is 5.32 Å². The van der Waals surface area contributed by atoms with Crippen LogP contribution in [0.4, 0.5) is 0 Å². The summed E-state index contributed by atoms with van der Waals surface area (Å²) >= 11 is 0. The van der Waals surface area contributed by atoms with Crippen LogP contribution in [0.5, 0.6) is 0 Å². The molecule has 1 aliphatic rings. The second kappa shape index (κ2) is 44.1. The molecule has 384 valence electrons. The molecular formula is C56H95NO10. The number of aliphatic hydroxyl groups excluding tert-OH is 5. The van der Waals surface area contributed by atoms with Crippen LogP contribution < -0.4 is 5.32 Å². The maximum atomic E-state index is 13.3. The molecule has 0 aromatic heterocycles. The number of esters is 1. The van der Waals surface area contributed by atoms with Gasteiger partial charge in [-0.25, -0.2) is 0 Å². The number of nitrogens with one attached hydrogen (secondary N) is 1. The Morgan fingerprint density at radius 3 is 1.66 bits per heavy atom. The fourth-order valence-electron chi connectivity index (χ4n) is 7.55. The Bertz CT molecular complexity index is 1410. The number of amides is 1. The quantitative estimate of drug-likeness (QED) is 0.0196. The highest BCUT2D eigenvalue weighted by Gasteiger charge is 2.47. The molecule has 0 aromatic carbocycles. The van der Waals surface area contributed by atoms with Crippen molar-refractivity contribution < 1.29 is 49.3 Å². The number of ether oxygens (including phenoxy) is 3. The van der Waals surface area contributed by atoms with Gasteiger partial charge in [-0.2, -0.15) is 0 Å². The maximum absolute atomic E-state index is 13.3. The lowest BCUT2D eigenvalue weighted by Gasteiger charge is -2.41. The van der Waals surface area contributed by atoms with E-state index >= 15 is 0 Å². The van der Waals surface area contributed by atoms with E-state index < -0.39 is 67.4 Å². The van der Waals surface area contributed by atoms with E-state index in [2.05, 4.69) is 86.8 Å². The number of hydrogen-bond acceptors (Lipinski definition) is 10. The fourth-order valence-corrected chi connectivity index (χ4v) is 7.55. The summed E-state index contributed by atoms with van der Waals surface area (Å²) in [7, 11) is 0. The molecule has 67 heavy (non-hydrogen) atoms. The average Bonchev–Trinajstić information content (AvgIpc) is 3.32. The minimum atomic E-state index is -1.63. The number of hydrogen-bond donors (Lipinski definition) is 6. The Balaban J connectivity index is 2.83. The highest BCUT2D eigenvalue weighted by Crippen LogP contribution is 2.26.